The van der Waals surface area contributed by atoms with Gasteiger partial charge in [-0.25, -0.2) is 8.42 Å². The molecule has 0 radical (unpaired) electrons. The van der Waals surface area contributed by atoms with Crippen LogP contribution in [0.4, 0.5) is 22.0 Å². The maximum atomic E-state index is 15.0. The summed E-state index contributed by atoms with van der Waals surface area (Å²) >= 11 is 0. The van der Waals surface area contributed by atoms with Crippen LogP contribution in [0.5, 0.6) is 0 Å². The number of carbonyl (C=O) groups excluding carboxylic acids is 1. The Kier molecular flexibility index (Phi) is 5.89. The Labute approximate surface area is 212 Å². The second kappa shape index (κ2) is 8.21. The summed E-state index contributed by atoms with van der Waals surface area (Å²) in [7, 11) is -3.50. The summed E-state index contributed by atoms with van der Waals surface area (Å²) in [4.78, 5) is 12.2. The zero-order valence-corrected chi connectivity index (χ0v) is 21.4. The van der Waals surface area contributed by atoms with Crippen LogP contribution in [-0.4, -0.2) is 43.3 Å². The first-order chi connectivity index (χ1) is 17.0. The van der Waals surface area contributed by atoms with Crippen LogP contribution in [0.25, 0.3) is 0 Å². The summed E-state index contributed by atoms with van der Waals surface area (Å²) in [5.74, 6) is -6.79. The summed E-state index contributed by atoms with van der Waals surface area (Å²) < 4.78 is 94.8. The largest absolute Gasteiger partial charge is 0.456 e. The second-order valence-electron chi connectivity index (χ2n) is 11.3. The topological polar surface area (TPSA) is 71.4 Å². The molecule has 0 heterocycles. The molecule has 10 heteroatoms. The third-order valence-electron chi connectivity index (χ3n) is 9.47. The maximum absolute atomic E-state index is 15.0. The van der Waals surface area contributed by atoms with E-state index in [4.69, 9.17) is 0 Å². The van der Waals surface area contributed by atoms with Gasteiger partial charge < -0.3 is 5.11 Å². The first-order valence-corrected chi connectivity index (χ1v) is 14.3. The van der Waals surface area contributed by atoms with Crippen LogP contribution in [0.2, 0.25) is 0 Å². The van der Waals surface area contributed by atoms with Gasteiger partial charge in [-0.15, -0.1) is 0 Å². The number of alkyl halides is 5. The molecule has 1 aromatic carbocycles. The lowest BCUT2D eigenvalue weighted by molar-refractivity contribution is -0.362. The van der Waals surface area contributed by atoms with E-state index in [9.17, 15) is 40.3 Å². The van der Waals surface area contributed by atoms with E-state index in [1.165, 1.54) is 19.1 Å². The van der Waals surface area contributed by atoms with Crippen molar-refractivity contribution in [1.29, 1.82) is 0 Å². The molecule has 1 N–H and O–H groups in total. The van der Waals surface area contributed by atoms with Crippen LogP contribution in [-0.2, 0) is 14.6 Å². The van der Waals surface area contributed by atoms with Crippen LogP contribution in [0.15, 0.2) is 52.0 Å². The van der Waals surface area contributed by atoms with Crippen molar-refractivity contribution in [3.05, 3.63) is 52.6 Å². The monoisotopic (exact) mass is 544 g/mol. The third kappa shape index (κ3) is 3.76. The molecular weight excluding hydrogens is 515 g/mol. The van der Waals surface area contributed by atoms with Gasteiger partial charge in [-0.3, -0.25) is 4.79 Å². The molecular formula is C27H29F5O4S. The minimum Gasteiger partial charge on any atom is -0.383 e. The Morgan fingerprint density at radius 2 is 1.65 bits per heavy atom. The standard InChI is InChI=1S/C27H29F5O4S/c1-24-14-21(15-3-7-18(8-4-15)37(2,35)36)23-19-10-6-17(33)13-16(19)5-9-20(23)22(24)11-12-25(24,34)26(28,29)27(30,31)32/h3-4,7-8,13,20-22,34H,5-6,9-12,14H2,1-2H3/t20?,21-,22?,24+,25+/m1/s1. The van der Waals surface area contributed by atoms with Crippen molar-refractivity contribution >= 4 is 15.6 Å². The molecule has 2 fully saturated rings. The van der Waals surface area contributed by atoms with Gasteiger partial charge in [-0.05, 0) is 85.3 Å². The molecule has 5 rings (SSSR count). The molecule has 4 aliphatic rings. The molecule has 0 saturated heterocycles. The van der Waals surface area contributed by atoms with Gasteiger partial charge in [0.05, 0.1) is 4.90 Å². The highest BCUT2D eigenvalue weighted by molar-refractivity contribution is 7.90. The van der Waals surface area contributed by atoms with E-state index in [1.807, 2.05) is 0 Å². The van der Waals surface area contributed by atoms with E-state index < -0.39 is 51.2 Å². The Morgan fingerprint density at radius 3 is 2.24 bits per heavy atom. The Bertz CT molecular complexity index is 1310. The van der Waals surface area contributed by atoms with Crippen molar-refractivity contribution in [1.82, 2.24) is 0 Å². The molecule has 5 atom stereocenters. The van der Waals surface area contributed by atoms with Crippen molar-refractivity contribution < 1.29 is 40.3 Å². The zero-order chi connectivity index (χ0) is 27.2. The number of allylic oxidation sites excluding steroid dienone is 4. The lowest BCUT2D eigenvalue weighted by atomic mass is 9.50. The number of sulfone groups is 1. The molecule has 4 aliphatic carbocycles. The van der Waals surface area contributed by atoms with Crippen molar-refractivity contribution in [3.8, 4) is 0 Å². The average molecular weight is 545 g/mol. The van der Waals surface area contributed by atoms with Crippen LogP contribution in [0, 0.1) is 17.3 Å². The molecule has 2 unspecified atom stereocenters. The number of halogens is 5. The minimum absolute atomic E-state index is 0.00700. The Balaban J connectivity index is 1.69. The first kappa shape index (κ1) is 26.5. The second-order valence-corrected chi connectivity index (χ2v) is 13.3. The number of rotatable bonds is 3. The molecule has 0 aliphatic heterocycles. The van der Waals surface area contributed by atoms with E-state index >= 15 is 0 Å². The van der Waals surface area contributed by atoms with Crippen LogP contribution in [0.3, 0.4) is 0 Å². The normalized spacial score (nSPS) is 34.5. The zero-order valence-electron chi connectivity index (χ0n) is 20.5. The molecule has 0 aromatic heterocycles. The summed E-state index contributed by atoms with van der Waals surface area (Å²) in [6.07, 6.45) is -2.22. The first-order valence-electron chi connectivity index (χ1n) is 12.4. The highest BCUT2D eigenvalue weighted by atomic mass is 32.2. The average Bonchev–Trinajstić information content (AvgIpc) is 3.09. The van der Waals surface area contributed by atoms with Crippen molar-refractivity contribution in [2.24, 2.45) is 17.3 Å². The van der Waals surface area contributed by atoms with Crippen LogP contribution < -0.4 is 0 Å². The van der Waals surface area contributed by atoms with E-state index in [0.29, 0.717) is 31.2 Å². The summed E-state index contributed by atoms with van der Waals surface area (Å²) in [6.45, 7) is 1.36. The van der Waals surface area contributed by atoms with Gasteiger partial charge in [-0.1, -0.05) is 24.6 Å². The number of carbonyl (C=O) groups is 1. The van der Waals surface area contributed by atoms with Gasteiger partial charge in [-0.2, -0.15) is 22.0 Å². The summed E-state index contributed by atoms with van der Waals surface area (Å²) in [5.41, 5.74) is -1.62. The molecule has 37 heavy (non-hydrogen) atoms. The number of ketones is 1. The molecule has 0 bridgehead atoms. The lowest BCUT2D eigenvalue weighted by Gasteiger charge is -2.56. The van der Waals surface area contributed by atoms with Gasteiger partial charge in [0.25, 0.3) is 0 Å². The SMILES string of the molecule is C[C@]12C[C@H](c3ccc(S(C)(=O)=O)cc3)C3=C4CCC(=O)C=C4CCC3C1CC[C@@]2(O)C(F)(F)C(F)(F)F. The molecule has 4 nitrogen and oxygen atoms in total. The van der Waals surface area contributed by atoms with E-state index in [-0.39, 0.29) is 29.4 Å². The predicted octanol–water partition coefficient (Wildman–Crippen LogP) is 5.92. The van der Waals surface area contributed by atoms with Crippen LogP contribution in [0.1, 0.15) is 63.4 Å². The van der Waals surface area contributed by atoms with Crippen molar-refractivity contribution in [3.63, 3.8) is 0 Å². The number of fused-ring (bicyclic) bond motifs is 4. The summed E-state index contributed by atoms with van der Waals surface area (Å²) in [6, 6.07) is 5.98. The van der Waals surface area contributed by atoms with Crippen molar-refractivity contribution in [2.45, 2.75) is 80.4 Å². The fourth-order valence-electron chi connectivity index (χ4n) is 7.66. The molecule has 202 valence electrons. The number of hydrogen-bond acceptors (Lipinski definition) is 4. The number of hydrogen-bond donors (Lipinski definition) is 1. The van der Waals surface area contributed by atoms with Gasteiger partial charge in [0, 0.05) is 24.0 Å². The Morgan fingerprint density at radius 1 is 1.00 bits per heavy atom. The maximum Gasteiger partial charge on any atom is 0.456 e. The predicted molar refractivity (Wildman–Crippen MR) is 126 cm³/mol. The quantitative estimate of drug-likeness (QED) is 0.480. The number of benzene rings is 1. The number of aliphatic hydroxyl groups is 1. The van der Waals surface area contributed by atoms with E-state index in [2.05, 4.69) is 0 Å². The van der Waals surface area contributed by atoms with Crippen molar-refractivity contribution in [2.75, 3.05) is 6.26 Å². The summed E-state index contributed by atoms with van der Waals surface area (Å²) in [5, 5.41) is 11.3. The lowest BCUT2D eigenvalue weighted by Crippen LogP contribution is -2.65. The van der Waals surface area contributed by atoms with E-state index in [1.54, 1.807) is 18.2 Å². The van der Waals surface area contributed by atoms with Gasteiger partial charge >= 0.3 is 12.1 Å². The Hall–Kier alpha value is -2.07. The fourth-order valence-corrected chi connectivity index (χ4v) is 8.29. The van der Waals surface area contributed by atoms with E-state index in [0.717, 1.165) is 23.0 Å². The van der Waals surface area contributed by atoms with Gasteiger partial charge in [0.2, 0.25) is 0 Å². The molecule has 2 saturated carbocycles. The third-order valence-corrected chi connectivity index (χ3v) is 10.6. The highest BCUT2D eigenvalue weighted by Gasteiger charge is 2.79. The van der Waals surface area contributed by atoms with Gasteiger partial charge in [0.1, 0.15) is 5.60 Å². The van der Waals surface area contributed by atoms with Gasteiger partial charge in [0.15, 0.2) is 15.6 Å². The van der Waals surface area contributed by atoms with Crippen LogP contribution >= 0.6 is 0 Å². The highest BCUT2D eigenvalue weighted by Crippen LogP contribution is 2.70. The molecule has 0 spiro atoms. The fraction of sp³-hybridized carbons (Fsp3) is 0.593. The minimum atomic E-state index is -5.91. The molecule has 1 aromatic rings. The smallest absolute Gasteiger partial charge is 0.383 e. The molecule has 0 amide bonds.